The lowest BCUT2D eigenvalue weighted by Crippen LogP contribution is -2.14. The molecule has 0 fully saturated rings. The SMILES string of the molecule is CCCCCCCC(C)CCCCCCC(C)C(=O)O.O=C(O)CCC(=O)OC(=O)CCC(=O)O. The molecule has 9 heteroatoms. The Bertz CT molecular complexity index is 588. The van der Waals surface area contributed by atoms with Gasteiger partial charge in [0.25, 0.3) is 0 Å². The van der Waals surface area contributed by atoms with Crippen LogP contribution in [0.5, 0.6) is 0 Å². The summed E-state index contributed by atoms with van der Waals surface area (Å²) in [5.74, 6) is -4.23. The van der Waals surface area contributed by atoms with Gasteiger partial charge in [0.05, 0.1) is 31.6 Å². The van der Waals surface area contributed by atoms with Gasteiger partial charge in [-0.15, -0.1) is 0 Å². The molecular formula is C26H46O9. The fraction of sp³-hybridized carbons (Fsp3) is 0.808. The summed E-state index contributed by atoms with van der Waals surface area (Å²) in [6.07, 6.45) is 13.7. The van der Waals surface area contributed by atoms with Gasteiger partial charge in [-0.3, -0.25) is 24.0 Å². The van der Waals surface area contributed by atoms with Crippen molar-refractivity contribution in [3.63, 3.8) is 0 Å². The Kier molecular flexibility index (Phi) is 23.1. The lowest BCUT2D eigenvalue weighted by atomic mass is 9.95. The monoisotopic (exact) mass is 502 g/mol. The number of carbonyl (C=O) groups is 5. The minimum atomic E-state index is -1.18. The second-order valence-electron chi connectivity index (χ2n) is 9.17. The van der Waals surface area contributed by atoms with Gasteiger partial charge in [-0.2, -0.15) is 0 Å². The van der Waals surface area contributed by atoms with Crippen molar-refractivity contribution in [1.82, 2.24) is 0 Å². The first-order valence-corrected chi connectivity index (χ1v) is 12.9. The van der Waals surface area contributed by atoms with Crippen LogP contribution in [0, 0.1) is 11.8 Å². The van der Waals surface area contributed by atoms with E-state index in [0.717, 1.165) is 18.8 Å². The van der Waals surface area contributed by atoms with Crippen molar-refractivity contribution in [3.05, 3.63) is 0 Å². The standard InChI is InChI=1S/C18H36O2.C8H10O7/c1-4-5-6-7-10-13-16(2)14-11-8-9-12-15-17(3)18(19)20;9-5(10)1-3-7(13)15-8(14)4-2-6(11)12/h16-17H,4-15H2,1-3H3,(H,19,20);1-4H2,(H,9,10)(H,11,12). The van der Waals surface area contributed by atoms with E-state index in [2.05, 4.69) is 18.6 Å². The molecule has 0 aliphatic carbocycles. The second-order valence-corrected chi connectivity index (χ2v) is 9.17. The van der Waals surface area contributed by atoms with Crippen molar-refractivity contribution < 1.29 is 44.0 Å². The van der Waals surface area contributed by atoms with Gasteiger partial charge >= 0.3 is 29.8 Å². The maximum atomic E-state index is 10.7. The van der Waals surface area contributed by atoms with E-state index in [1.165, 1.54) is 64.2 Å². The van der Waals surface area contributed by atoms with E-state index in [1.807, 2.05) is 6.92 Å². The lowest BCUT2D eigenvalue weighted by Gasteiger charge is -2.11. The molecule has 0 spiro atoms. The fourth-order valence-corrected chi connectivity index (χ4v) is 3.31. The van der Waals surface area contributed by atoms with Crippen molar-refractivity contribution >= 4 is 29.8 Å². The summed E-state index contributed by atoms with van der Waals surface area (Å²) in [6, 6.07) is 0. The summed E-state index contributed by atoms with van der Waals surface area (Å²) >= 11 is 0. The Hall–Kier alpha value is -2.45. The predicted molar refractivity (Wildman–Crippen MR) is 132 cm³/mol. The molecule has 0 amide bonds. The topological polar surface area (TPSA) is 155 Å². The number of esters is 2. The number of carbonyl (C=O) groups excluding carboxylic acids is 2. The highest BCUT2D eigenvalue weighted by Gasteiger charge is 2.13. The number of ether oxygens (including phenoxy) is 1. The lowest BCUT2D eigenvalue weighted by molar-refractivity contribution is -0.162. The van der Waals surface area contributed by atoms with Crippen molar-refractivity contribution in [2.45, 2.75) is 124 Å². The summed E-state index contributed by atoms with van der Waals surface area (Å²) < 4.78 is 4.15. The van der Waals surface area contributed by atoms with Gasteiger partial charge in [0.15, 0.2) is 0 Å². The summed E-state index contributed by atoms with van der Waals surface area (Å²) in [6.45, 7) is 6.45. The van der Waals surface area contributed by atoms with Crippen LogP contribution in [0.25, 0.3) is 0 Å². The average Bonchev–Trinajstić information content (AvgIpc) is 2.78. The quantitative estimate of drug-likeness (QED) is 0.106. The number of hydrogen-bond acceptors (Lipinski definition) is 6. The predicted octanol–water partition coefficient (Wildman–Crippen LogP) is 5.83. The highest BCUT2D eigenvalue weighted by atomic mass is 16.6. The van der Waals surface area contributed by atoms with Crippen molar-refractivity contribution in [3.8, 4) is 0 Å². The zero-order valence-corrected chi connectivity index (χ0v) is 21.8. The maximum Gasteiger partial charge on any atom is 0.314 e. The van der Waals surface area contributed by atoms with Crippen LogP contribution in [-0.2, 0) is 28.7 Å². The van der Waals surface area contributed by atoms with E-state index in [-0.39, 0.29) is 5.92 Å². The van der Waals surface area contributed by atoms with E-state index < -0.39 is 55.5 Å². The molecule has 0 aliphatic rings. The number of carboxylic acids is 3. The molecule has 3 N–H and O–H groups in total. The first-order valence-electron chi connectivity index (χ1n) is 12.9. The van der Waals surface area contributed by atoms with E-state index in [4.69, 9.17) is 15.3 Å². The van der Waals surface area contributed by atoms with Crippen LogP contribution in [0.1, 0.15) is 124 Å². The normalized spacial score (nSPS) is 12.1. The van der Waals surface area contributed by atoms with Crippen molar-refractivity contribution in [2.75, 3.05) is 0 Å². The van der Waals surface area contributed by atoms with Gasteiger partial charge in [0, 0.05) is 0 Å². The molecule has 0 radical (unpaired) electrons. The summed E-state index contributed by atoms with van der Waals surface area (Å²) in [4.78, 5) is 52.2. The molecule has 0 heterocycles. The molecule has 0 saturated heterocycles. The molecule has 0 aliphatic heterocycles. The fourth-order valence-electron chi connectivity index (χ4n) is 3.31. The zero-order valence-electron chi connectivity index (χ0n) is 21.8. The smallest absolute Gasteiger partial charge is 0.314 e. The van der Waals surface area contributed by atoms with Crippen LogP contribution >= 0.6 is 0 Å². The molecule has 0 rings (SSSR count). The molecule has 2 atom stereocenters. The van der Waals surface area contributed by atoms with Crippen LogP contribution in [-0.4, -0.2) is 45.2 Å². The largest absolute Gasteiger partial charge is 0.481 e. The molecule has 2 unspecified atom stereocenters. The minimum absolute atomic E-state index is 0.169. The van der Waals surface area contributed by atoms with E-state index in [1.54, 1.807) is 0 Å². The van der Waals surface area contributed by atoms with E-state index in [0.29, 0.717) is 0 Å². The average molecular weight is 503 g/mol. The Morgan fingerprint density at radius 2 is 1.00 bits per heavy atom. The van der Waals surface area contributed by atoms with Gasteiger partial charge in [-0.25, -0.2) is 0 Å². The van der Waals surface area contributed by atoms with Crippen molar-refractivity contribution in [2.24, 2.45) is 11.8 Å². The molecule has 0 aromatic heterocycles. The minimum Gasteiger partial charge on any atom is -0.481 e. The molecule has 35 heavy (non-hydrogen) atoms. The van der Waals surface area contributed by atoms with Crippen molar-refractivity contribution in [1.29, 1.82) is 0 Å². The maximum absolute atomic E-state index is 10.7. The van der Waals surface area contributed by atoms with Crippen LogP contribution in [0.4, 0.5) is 0 Å². The Morgan fingerprint density at radius 1 is 0.600 bits per heavy atom. The highest BCUT2D eigenvalue weighted by molar-refractivity contribution is 5.88. The highest BCUT2D eigenvalue weighted by Crippen LogP contribution is 2.18. The van der Waals surface area contributed by atoms with Crippen LogP contribution in [0.2, 0.25) is 0 Å². The Balaban J connectivity index is 0. The van der Waals surface area contributed by atoms with Gasteiger partial charge in [0.2, 0.25) is 0 Å². The molecule has 0 aromatic rings. The third-order valence-electron chi connectivity index (χ3n) is 5.62. The number of hydrogen-bond donors (Lipinski definition) is 3. The first-order chi connectivity index (χ1) is 16.5. The molecule has 0 bridgehead atoms. The Morgan fingerprint density at radius 3 is 1.37 bits per heavy atom. The van der Waals surface area contributed by atoms with Gasteiger partial charge < -0.3 is 20.1 Å². The van der Waals surface area contributed by atoms with Crippen LogP contribution in [0.3, 0.4) is 0 Å². The van der Waals surface area contributed by atoms with Gasteiger partial charge in [-0.05, 0) is 12.3 Å². The number of aliphatic carboxylic acids is 3. The van der Waals surface area contributed by atoms with Gasteiger partial charge in [-0.1, -0.05) is 91.4 Å². The third kappa shape index (κ3) is 27.7. The number of rotatable bonds is 20. The molecule has 204 valence electrons. The number of carboxylic acid groups (broad SMARTS) is 3. The van der Waals surface area contributed by atoms with Crippen LogP contribution < -0.4 is 0 Å². The summed E-state index contributed by atoms with van der Waals surface area (Å²) in [7, 11) is 0. The summed E-state index contributed by atoms with van der Waals surface area (Å²) in [5, 5.41) is 25.2. The van der Waals surface area contributed by atoms with E-state index in [9.17, 15) is 24.0 Å². The Labute approximate surface area is 209 Å². The molecule has 0 aromatic carbocycles. The van der Waals surface area contributed by atoms with E-state index >= 15 is 0 Å². The molecule has 0 saturated carbocycles. The van der Waals surface area contributed by atoms with Crippen LogP contribution in [0.15, 0.2) is 0 Å². The second kappa shape index (κ2) is 23.3. The molecule has 9 nitrogen and oxygen atoms in total. The van der Waals surface area contributed by atoms with Gasteiger partial charge in [0.1, 0.15) is 0 Å². The summed E-state index contributed by atoms with van der Waals surface area (Å²) in [5.41, 5.74) is 0. The first kappa shape index (κ1) is 34.7. The third-order valence-corrected chi connectivity index (χ3v) is 5.62. The molecular weight excluding hydrogens is 456 g/mol. The zero-order chi connectivity index (χ0) is 27.1. The number of unbranched alkanes of at least 4 members (excludes halogenated alkanes) is 7.